The largest absolute Gasteiger partial charge is 0.506 e. The van der Waals surface area contributed by atoms with Crippen molar-refractivity contribution in [2.24, 2.45) is 7.05 Å². The third-order valence-electron chi connectivity index (χ3n) is 4.52. The fourth-order valence-electron chi connectivity index (χ4n) is 3.07. The van der Waals surface area contributed by atoms with Gasteiger partial charge < -0.3 is 15.5 Å². The second-order valence-electron chi connectivity index (χ2n) is 6.55. The average molecular weight is 436 g/mol. The van der Waals surface area contributed by atoms with Gasteiger partial charge in [0.05, 0.1) is 5.39 Å². The van der Waals surface area contributed by atoms with Crippen molar-refractivity contribution in [2.75, 3.05) is 6.54 Å². The number of nitrogens with one attached hydrogen (secondary N) is 1. The molecule has 12 heteroatoms. The van der Waals surface area contributed by atoms with Crippen LogP contribution in [0.2, 0.25) is 0 Å². The molecule has 0 unspecified atom stereocenters. The minimum Gasteiger partial charge on any atom is -0.506 e. The number of carboxylic acids is 1. The van der Waals surface area contributed by atoms with Gasteiger partial charge in [-0.3, -0.25) is 23.9 Å². The fraction of sp³-hybridized carbons (Fsp3) is 0.211. The number of carbonyl (C=O) groups excluding carboxylic acids is 1. The highest BCUT2D eigenvalue weighted by atomic mass is 19.4. The predicted molar refractivity (Wildman–Crippen MR) is 102 cm³/mol. The number of aryl methyl sites for hydroxylation is 2. The maximum Gasteiger partial charge on any atom is 0.434 e. The first-order valence-corrected chi connectivity index (χ1v) is 8.69. The average Bonchev–Trinajstić information content (AvgIpc) is 2.69. The number of carboxylic acid groups (broad SMARTS) is 1. The molecule has 0 aromatic carbocycles. The van der Waals surface area contributed by atoms with E-state index in [1.54, 1.807) is 0 Å². The van der Waals surface area contributed by atoms with Crippen LogP contribution in [0, 0.1) is 6.92 Å². The fourth-order valence-corrected chi connectivity index (χ4v) is 3.07. The first-order valence-electron chi connectivity index (χ1n) is 8.69. The van der Waals surface area contributed by atoms with Crippen LogP contribution in [0.3, 0.4) is 0 Å². The molecule has 3 rings (SSSR count). The van der Waals surface area contributed by atoms with Crippen LogP contribution in [0.4, 0.5) is 13.2 Å². The highest BCUT2D eigenvalue weighted by Gasteiger charge is 2.37. The van der Waals surface area contributed by atoms with Gasteiger partial charge in [0.1, 0.15) is 23.5 Å². The summed E-state index contributed by atoms with van der Waals surface area (Å²) < 4.78 is 42.0. The van der Waals surface area contributed by atoms with Crippen LogP contribution < -0.4 is 10.9 Å². The summed E-state index contributed by atoms with van der Waals surface area (Å²) in [5, 5.41) is 20.9. The molecule has 31 heavy (non-hydrogen) atoms. The molecule has 0 aliphatic carbocycles. The number of carbonyl (C=O) groups is 2. The molecule has 0 radical (unpaired) electrons. The number of fused-ring (bicyclic) bond motifs is 1. The summed E-state index contributed by atoms with van der Waals surface area (Å²) in [7, 11) is 1.08. The quantitative estimate of drug-likeness (QED) is 0.568. The third kappa shape index (κ3) is 3.91. The van der Waals surface area contributed by atoms with Crippen LogP contribution in [-0.2, 0) is 18.0 Å². The third-order valence-corrected chi connectivity index (χ3v) is 4.52. The van der Waals surface area contributed by atoms with Crippen LogP contribution in [-0.4, -0.2) is 43.2 Å². The number of hydrogen-bond donors (Lipinski definition) is 3. The van der Waals surface area contributed by atoms with Crippen LogP contribution >= 0.6 is 0 Å². The van der Waals surface area contributed by atoms with Gasteiger partial charge in [0.25, 0.3) is 11.5 Å². The van der Waals surface area contributed by atoms with E-state index >= 15 is 0 Å². The lowest BCUT2D eigenvalue weighted by Gasteiger charge is -2.17. The minimum atomic E-state index is -4.89. The number of nitrogens with zero attached hydrogens (tertiary/aromatic N) is 3. The first-order chi connectivity index (χ1) is 14.4. The molecule has 0 atom stereocenters. The van der Waals surface area contributed by atoms with Crippen LogP contribution in [0.15, 0.2) is 29.2 Å². The summed E-state index contributed by atoms with van der Waals surface area (Å²) in [5.74, 6) is -3.50. The molecular formula is C19H15F3N4O5. The number of rotatable bonds is 4. The molecule has 0 bridgehead atoms. The van der Waals surface area contributed by atoms with Gasteiger partial charge in [0.15, 0.2) is 5.69 Å². The Bertz CT molecular complexity index is 1280. The van der Waals surface area contributed by atoms with Gasteiger partial charge in [-0.1, -0.05) is 6.07 Å². The number of halogens is 3. The van der Waals surface area contributed by atoms with Crippen molar-refractivity contribution in [3.8, 4) is 16.9 Å². The van der Waals surface area contributed by atoms with Crippen molar-refractivity contribution in [2.45, 2.75) is 13.1 Å². The summed E-state index contributed by atoms with van der Waals surface area (Å²) in [6.07, 6.45) is -3.50. The molecule has 0 spiro atoms. The first kappa shape index (κ1) is 21.7. The van der Waals surface area contributed by atoms with E-state index < -0.39 is 58.4 Å². The Labute approximate surface area is 171 Å². The number of alkyl halides is 3. The summed E-state index contributed by atoms with van der Waals surface area (Å²) in [4.78, 5) is 43.0. The lowest BCUT2D eigenvalue weighted by Crippen LogP contribution is -2.35. The Morgan fingerprint density at radius 3 is 2.52 bits per heavy atom. The molecule has 0 fully saturated rings. The molecular weight excluding hydrogens is 421 g/mol. The summed E-state index contributed by atoms with van der Waals surface area (Å²) in [6, 6.07) is 3.79. The van der Waals surface area contributed by atoms with Gasteiger partial charge in [-0.15, -0.1) is 0 Å². The van der Waals surface area contributed by atoms with Crippen LogP contribution in [0.1, 0.15) is 21.7 Å². The van der Waals surface area contributed by atoms with Gasteiger partial charge >= 0.3 is 12.1 Å². The van der Waals surface area contributed by atoms with E-state index in [9.17, 15) is 32.7 Å². The highest BCUT2D eigenvalue weighted by Crippen LogP contribution is 2.39. The SMILES string of the molecule is Cc1ncccc1-c1cc2c(O)c(C(=O)NCC(=O)O)c(=O)n(C)c2nc1C(F)(F)F. The second-order valence-corrected chi connectivity index (χ2v) is 6.55. The number of pyridine rings is 3. The van der Waals surface area contributed by atoms with E-state index in [1.807, 2.05) is 5.32 Å². The topological polar surface area (TPSA) is 134 Å². The zero-order valence-electron chi connectivity index (χ0n) is 16.1. The van der Waals surface area contributed by atoms with Crippen molar-refractivity contribution in [1.82, 2.24) is 19.9 Å². The Hall–Kier alpha value is -3.96. The molecule has 162 valence electrons. The van der Waals surface area contributed by atoms with Gasteiger partial charge in [-0.05, 0) is 19.1 Å². The van der Waals surface area contributed by atoms with Crippen LogP contribution in [0.5, 0.6) is 5.75 Å². The highest BCUT2D eigenvalue weighted by molar-refractivity contribution is 6.03. The van der Waals surface area contributed by atoms with E-state index in [2.05, 4.69) is 9.97 Å². The lowest BCUT2D eigenvalue weighted by molar-refractivity contribution is -0.140. The standard InChI is InChI=1S/C19H15F3N4O5/c1-8-9(4-3-5-23-8)10-6-11-14(29)13(17(30)24-7-12(27)28)18(31)26(2)16(11)25-15(10)19(20,21)22/h3-6,29H,7H2,1-2H3,(H,24,30)(H,27,28). The molecule has 3 heterocycles. The molecule has 3 N–H and O–H groups in total. The second kappa shape index (κ2) is 7.70. The monoisotopic (exact) mass is 436 g/mol. The van der Waals surface area contributed by atoms with Crippen molar-refractivity contribution in [3.63, 3.8) is 0 Å². The summed E-state index contributed by atoms with van der Waals surface area (Å²) in [6.45, 7) is 0.663. The molecule has 3 aromatic heterocycles. The smallest absolute Gasteiger partial charge is 0.434 e. The van der Waals surface area contributed by atoms with Gasteiger partial charge in [-0.2, -0.15) is 13.2 Å². The molecule has 0 saturated carbocycles. The van der Waals surface area contributed by atoms with E-state index in [1.165, 1.54) is 25.3 Å². The number of aromatic hydroxyl groups is 1. The maximum atomic E-state index is 13.8. The van der Waals surface area contributed by atoms with Gasteiger partial charge in [-0.25, -0.2) is 4.98 Å². The van der Waals surface area contributed by atoms with Crippen molar-refractivity contribution in [1.29, 1.82) is 0 Å². The van der Waals surface area contributed by atoms with Gasteiger partial charge in [0, 0.05) is 30.1 Å². The summed E-state index contributed by atoms with van der Waals surface area (Å²) in [5.41, 5.74) is -3.81. The van der Waals surface area contributed by atoms with E-state index in [0.29, 0.717) is 4.57 Å². The molecule has 3 aromatic rings. The Kier molecular flexibility index (Phi) is 5.40. The number of hydrogen-bond acceptors (Lipinski definition) is 6. The molecule has 0 aliphatic heterocycles. The van der Waals surface area contributed by atoms with Crippen LogP contribution in [0.25, 0.3) is 22.2 Å². The van der Waals surface area contributed by atoms with E-state index in [4.69, 9.17) is 5.11 Å². The predicted octanol–water partition coefficient (Wildman–Crippen LogP) is 1.84. The van der Waals surface area contributed by atoms with Gasteiger partial charge in [0.2, 0.25) is 0 Å². The van der Waals surface area contributed by atoms with Crippen molar-refractivity contribution in [3.05, 3.63) is 51.7 Å². The molecule has 9 nitrogen and oxygen atoms in total. The Morgan fingerprint density at radius 1 is 1.26 bits per heavy atom. The summed E-state index contributed by atoms with van der Waals surface area (Å²) >= 11 is 0. The van der Waals surface area contributed by atoms with Crippen molar-refractivity contribution < 1.29 is 33.0 Å². The number of aromatic nitrogens is 3. The van der Waals surface area contributed by atoms with Crippen molar-refractivity contribution >= 4 is 22.9 Å². The maximum absolute atomic E-state index is 13.8. The Morgan fingerprint density at radius 2 is 1.94 bits per heavy atom. The normalized spacial score (nSPS) is 11.5. The minimum absolute atomic E-state index is 0.0920. The zero-order chi connectivity index (χ0) is 23.1. The Balaban J connectivity index is 2.38. The molecule has 1 amide bonds. The lowest BCUT2D eigenvalue weighted by atomic mass is 9.99. The molecule has 0 saturated heterocycles. The van der Waals surface area contributed by atoms with E-state index in [0.717, 1.165) is 13.1 Å². The number of aliphatic carboxylic acids is 1. The van der Waals surface area contributed by atoms with E-state index in [-0.39, 0.29) is 16.6 Å². The number of amides is 1. The zero-order valence-corrected chi connectivity index (χ0v) is 16.1. The molecule has 0 aliphatic rings.